The molecular weight excluding hydrogens is 356 g/mol. The third kappa shape index (κ3) is 3.27. The number of pyridine rings is 1. The Bertz CT molecular complexity index is 1170. The molecule has 140 valence electrons. The average Bonchev–Trinajstić information content (AvgIpc) is 3.21. The van der Waals surface area contributed by atoms with Gasteiger partial charge >= 0.3 is 0 Å². The number of tetrazole rings is 1. The Labute approximate surface area is 161 Å². The number of methoxy groups -OCH3 is 1. The maximum Gasteiger partial charge on any atom is 0.257 e. The fourth-order valence-electron chi connectivity index (χ4n) is 3.06. The summed E-state index contributed by atoms with van der Waals surface area (Å²) in [5.74, 6) is 0.520. The molecule has 0 saturated heterocycles. The lowest BCUT2D eigenvalue weighted by Gasteiger charge is -2.11. The molecule has 2 aromatic carbocycles. The van der Waals surface area contributed by atoms with Gasteiger partial charge in [-0.25, -0.2) is 4.68 Å². The van der Waals surface area contributed by atoms with Gasteiger partial charge in [-0.3, -0.25) is 9.78 Å². The molecule has 1 N–H and O–H groups in total. The van der Waals surface area contributed by atoms with E-state index in [0.717, 1.165) is 27.9 Å². The number of aryl methyl sites for hydroxylation is 2. The molecule has 0 aliphatic heterocycles. The molecule has 0 atom stereocenters. The second kappa shape index (κ2) is 7.07. The molecule has 0 aliphatic carbocycles. The molecule has 4 rings (SSSR count). The lowest BCUT2D eigenvalue weighted by Crippen LogP contribution is -2.14. The van der Waals surface area contributed by atoms with Gasteiger partial charge in [0.1, 0.15) is 12.1 Å². The van der Waals surface area contributed by atoms with E-state index in [1.807, 2.05) is 56.3 Å². The lowest BCUT2D eigenvalue weighted by atomic mass is 10.1. The van der Waals surface area contributed by atoms with Crippen LogP contribution >= 0.6 is 0 Å². The standard InChI is InChI=1S/C20H18N6O2/c1-12-8-15(5-7-19(12)26-11-21-24-25-26)23-20(27)17-9-14-4-6-16(28-3)10-18(14)22-13(17)2/h4-11H,1-3H3,(H,23,27). The topological polar surface area (TPSA) is 94.8 Å². The molecule has 0 spiro atoms. The number of carbonyl (C=O) groups is 1. The second-order valence-electron chi connectivity index (χ2n) is 6.39. The van der Waals surface area contributed by atoms with Gasteiger partial charge in [-0.15, -0.1) is 5.10 Å². The number of ether oxygens (including phenoxy) is 1. The Balaban J connectivity index is 1.61. The van der Waals surface area contributed by atoms with E-state index in [1.54, 1.807) is 11.8 Å². The highest BCUT2D eigenvalue weighted by Crippen LogP contribution is 2.23. The maximum absolute atomic E-state index is 12.8. The molecule has 0 bridgehead atoms. The van der Waals surface area contributed by atoms with Gasteiger partial charge in [0.15, 0.2) is 0 Å². The van der Waals surface area contributed by atoms with Crippen molar-refractivity contribution in [1.82, 2.24) is 25.2 Å². The van der Waals surface area contributed by atoms with Gasteiger partial charge in [-0.2, -0.15) is 0 Å². The Hall–Kier alpha value is -3.81. The van der Waals surface area contributed by atoms with Gasteiger partial charge in [0.05, 0.1) is 29.6 Å². The molecule has 8 heteroatoms. The van der Waals surface area contributed by atoms with Crippen molar-refractivity contribution in [1.29, 1.82) is 0 Å². The summed E-state index contributed by atoms with van der Waals surface area (Å²) in [7, 11) is 1.61. The number of rotatable bonds is 4. The molecule has 0 unspecified atom stereocenters. The van der Waals surface area contributed by atoms with Crippen molar-refractivity contribution in [2.24, 2.45) is 0 Å². The van der Waals surface area contributed by atoms with Gasteiger partial charge in [0.25, 0.3) is 5.91 Å². The Morgan fingerprint density at radius 1 is 1.11 bits per heavy atom. The predicted octanol–water partition coefficient (Wildman–Crippen LogP) is 3.09. The SMILES string of the molecule is COc1ccc2cc(C(=O)Nc3ccc(-n4cnnn4)c(C)c3)c(C)nc2c1. The van der Waals surface area contributed by atoms with E-state index < -0.39 is 0 Å². The highest BCUT2D eigenvalue weighted by atomic mass is 16.5. The normalized spacial score (nSPS) is 10.8. The van der Waals surface area contributed by atoms with Crippen molar-refractivity contribution >= 4 is 22.5 Å². The van der Waals surface area contributed by atoms with Crippen LogP contribution in [0.3, 0.4) is 0 Å². The highest BCUT2D eigenvalue weighted by molar-refractivity contribution is 6.06. The number of amides is 1. The van der Waals surface area contributed by atoms with Crippen LogP contribution < -0.4 is 10.1 Å². The summed E-state index contributed by atoms with van der Waals surface area (Å²) >= 11 is 0. The van der Waals surface area contributed by atoms with E-state index in [-0.39, 0.29) is 5.91 Å². The van der Waals surface area contributed by atoms with Gasteiger partial charge in [0, 0.05) is 17.1 Å². The van der Waals surface area contributed by atoms with Crippen molar-refractivity contribution in [3.63, 3.8) is 0 Å². The van der Waals surface area contributed by atoms with Crippen molar-refractivity contribution in [3.8, 4) is 11.4 Å². The van der Waals surface area contributed by atoms with Crippen molar-refractivity contribution in [2.45, 2.75) is 13.8 Å². The molecule has 28 heavy (non-hydrogen) atoms. The lowest BCUT2D eigenvalue weighted by molar-refractivity contribution is 0.102. The smallest absolute Gasteiger partial charge is 0.257 e. The number of fused-ring (bicyclic) bond motifs is 1. The summed E-state index contributed by atoms with van der Waals surface area (Å²) in [6, 6.07) is 13.0. The molecule has 8 nitrogen and oxygen atoms in total. The zero-order valence-electron chi connectivity index (χ0n) is 15.7. The first-order valence-corrected chi connectivity index (χ1v) is 8.66. The molecule has 0 aliphatic rings. The largest absolute Gasteiger partial charge is 0.497 e. The van der Waals surface area contributed by atoms with Crippen LogP contribution in [0.4, 0.5) is 5.69 Å². The monoisotopic (exact) mass is 374 g/mol. The van der Waals surface area contributed by atoms with Crippen LogP contribution in [-0.4, -0.2) is 38.2 Å². The van der Waals surface area contributed by atoms with E-state index >= 15 is 0 Å². The van der Waals surface area contributed by atoms with Crippen LogP contribution in [0.15, 0.2) is 48.8 Å². The Kier molecular flexibility index (Phi) is 4.44. The fourth-order valence-corrected chi connectivity index (χ4v) is 3.06. The van der Waals surface area contributed by atoms with Crippen molar-refractivity contribution < 1.29 is 9.53 Å². The summed E-state index contributed by atoms with van der Waals surface area (Å²) in [6.07, 6.45) is 1.53. The van der Waals surface area contributed by atoms with Crippen LogP contribution in [-0.2, 0) is 0 Å². The van der Waals surface area contributed by atoms with E-state index in [4.69, 9.17) is 4.74 Å². The first kappa shape index (κ1) is 17.6. The minimum atomic E-state index is -0.211. The van der Waals surface area contributed by atoms with Gasteiger partial charge < -0.3 is 10.1 Å². The molecule has 0 saturated carbocycles. The van der Waals surface area contributed by atoms with Crippen LogP contribution in [0.5, 0.6) is 5.75 Å². The summed E-state index contributed by atoms with van der Waals surface area (Å²) in [5.41, 5.74) is 4.44. The van der Waals surface area contributed by atoms with E-state index in [0.29, 0.717) is 16.9 Å². The Morgan fingerprint density at radius 2 is 1.96 bits per heavy atom. The van der Waals surface area contributed by atoms with Crippen LogP contribution in [0.25, 0.3) is 16.6 Å². The summed E-state index contributed by atoms with van der Waals surface area (Å²) < 4.78 is 6.81. The summed E-state index contributed by atoms with van der Waals surface area (Å²) in [4.78, 5) is 17.4. The molecule has 4 aromatic rings. The fraction of sp³-hybridized carbons (Fsp3) is 0.150. The van der Waals surface area contributed by atoms with Crippen molar-refractivity contribution in [2.75, 3.05) is 12.4 Å². The molecule has 1 amide bonds. The van der Waals surface area contributed by atoms with Gasteiger partial charge in [-0.1, -0.05) is 0 Å². The Morgan fingerprint density at radius 3 is 2.68 bits per heavy atom. The van der Waals surface area contributed by atoms with Gasteiger partial charge in [0.2, 0.25) is 0 Å². The summed E-state index contributed by atoms with van der Waals surface area (Å²) in [5, 5.41) is 15.0. The van der Waals surface area contributed by atoms with E-state index in [9.17, 15) is 4.79 Å². The number of benzene rings is 2. The molecule has 2 aromatic heterocycles. The first-order valence-electron chi connectivity index (χ1n) is 8.66. The third-order valence-corrected chi connectivity index (χ3v) is 4.51. The molecular formula is C20H18N6O2. The second-order valence-corrected chi connectivity index (χ2v) is 6.39. The minimum Gasteiger partial charge on any atom is -0.497 e. The number of nitrogens with zero attached hydrogens (tertiary/aromatic N) is 5. The molecule has 0 radical (unpaired) electrons. The van der Waals surface area contributed by atoms with Crippen LogP contribution in [0.2, 0.25) is 0 Å². The number of aromatic nitrogens is 5. The van der Waals surface area contributed by atoms with Crippen LogP contribution in [0.1, 0.15) is 21.6 Å². The average molecular weight is 374 g/mol. The number of hydrogen-bond donors (Lipinski definition) is 1. The van der Waals surface area contributed by atoms with Crippen LogP contribution in [0, 0.1) is 13.8 Å². The minimum absolute atomic E-state index is 0.211. The number of nitrogens with one attached hydrogen (secondary N) is 1. The zero-order valence-corrected chi connectivity index (χ0v) is 15.7. The van der Waals surface area contributed by atoms with E-state index in [1.165, 1.54) is 6.33 Å². The van der Waals surface area contributed by atoms with Crippen molar-refractivity contribution in [3.05, 3.63) is 65.6 Å². The van der Waals surface area contributed by atoms with Gasteiger partial charge in [-0.05, 0) is 66.2 Å². The summed E-state index contributed by atoms with van der Waals surface area (Å²) in [6.45, 7) is 3.75. The van der Waals surface area contributed by atoms with E-state index in [2.05, 4.69) is 25.8 Å². The molecule has 0 fully saturated rings. The number of hydrogen-bond acceptors (Lipinski definition) is 6. The zero-order chi connectivity index (χ0) is 19.7. The molecule has 2 heterocycles. The first-order chi connectivity index (χ1) is 13.5. The quantitative estimate of drug-likeness (QED) is 0.590. The predicted molar refractivity (Wildman–Crippen MR) is 105 cm³/mol. The maximum atomic E-state index is 12.8. The highest BCUT2D eigenvalue weighted by Gasteiger charge is 2.13. The number of anilines is 1. The number of carbonyl (C=O) groups excluding carboxylic acids is 1. The third-order valence-electron chi connectivity index (χ3n) is 4.51.